The highest BCUT2D eigenvalue weighted by molar-refractivity contribution is 7.09. The number of hydrogen-bond acceptors (Lipinski definition) is 5. The Balaban J connectivity index is 2.50. The Morgan fingerprint density at radius 1 is 1.47 bits per heavy atom. The molecule has 19 heavy (non-hydrogen) atoms. The summed E-state index contributed by atoms with van der Waals surface area (Å²) in [5.41, 5.74) is -0.955. The standard InChI is InChI=1S/C13H22N2O3S/c1-12(2,3)18-11(17)15-8-13(4,9-16)7-10-14-5-6-19-10/h5-6,16H,7-9H2,1-4H3,(H,15,17). The fraction of sp³-hybridized carbons (Fsp3) is 0.692. The Morgan fingerprint density at radius 3 is 2.63 bits per heavy atom. The minimum Gasteiger partial charge on any atom is -0.444 e. The van der Waals surface area contributed by atoms with E-state index >= 15 is 0 Å². The number of amides is 1. The highest BCUT2D eigenvalue weighted by atomic mass is 32.1. The summed E-state index contributed by atoms with van der Waals surface area (Å²) in [5.74, 6) is 0. The Morgan fingerprint density at radius 2 is 2.16 bits per heavy atom. The topological polar surface area (TPSA) is 71.5 Å². The monoisotopic (exact) mass is 286 g/mol. The van der Waals surface area contributed by atoms with E-state index in [9.17, 15) is 9.90 Å². The van der Waals surface area contributed by atoms with E-state index in [0.29, 0.717) is 13.0 Å². The SMILES string of the molecule is CC(CO)(CNC(=O)OC(C)(C)C)Cc1nccs1. The van der Waals surface area contributed by atoms with E-state index < -0.39 is 17.1 Å². The zero-order chi connectivity index (χ0) is 14.5. The van der Waals surface area contributed by atoms with Crippen LogP contribution in [-0.2, 0) is 11.2 Å². The Kier molecular flexibility index (Phi) is 5.31. The number of thiazole rings is 1. The van der Waals surface area contributed by atoms with Crippen molar-refractivity contribution >= 4 is 17.4 Å². The van der Waals surface area contributed by atoms with Gasteiger partial charge in [0.25, 0.3) is 0 Å². The Hall–Kier alpha value is -1.14. The van der Waals surface area contributed by atoms with Crippen molar-refractivity contribution in [2.75, 3.05) is 13.2 Å². The molecule has 0 aliphatic rings. The van der Waals surface area contributed by atoms with Crippen LogP contribution < -0.4 is 5.32 Å². The fourth-order valence-electron chi connectivity index (χ4n) is 1.48. The van der Waals surface area contributed by atoms with Gasteiger partial charge in [0.2, 0.25) is 0 Å². The normalized spacial score (nSPS) is 14.8. The maximum atomic E-state index is 11.6. The fourth-order valence-corrected chi connectivity index (χ4v) is 2.31. The number of ether oxygens (including phenoxy) is 1. The molecule has 0 aliphatic carbocycles. The second kappa shape index (κ2) is 6.34. The van der Waals surface area contributed by atoms with Gasteiger partial charge in [-0.2, -0.15) is 0 Å². The van der Waals surface area contributed by atoms with E-state index in [4.69, 9.17) is 4.74 Å². The number of carbonyl (C=O) groups excluding carboxylic acids is 1. The van der Waals surface area contributed by atoms with Crippen LogP contribution >= 0.6 is 11.3 Å². The van der Waals surface area contributed by atoms with Gasteiger partial charge in [0.05, 0.1) is 11.6 Å². The lowest BCUT2D eigenvalue weighted by Gasteiger charge is -2.27. The van der Waals surface area contributed by atoms with E-state index in [1.165, 1.54) is 0 Å². The van der Waals surface area contributed by atoms with E-state index in [0.717, 1.165) is 5.01 Å². The molecular formula is C13H22N2O3S. The summed E-state index contributed by atoms with van der Waals surface area (Å²) < 4.78 is 5.17. The highest BCUT2D eigenvalue weighted by Crippen LogP contribution is 2.22. The number of aliphatic hydroxyl groups excluding tert-OH is 1. The number of nitrogens with zero attached hydrogens (tertiary/aromatic N) is 1. The molecule has 6 heteroatoms. The van der Waals surface area contributed by atoms with Crippen LogP contribution in [0.1, 0.15) is 32.7 Å². The van der Waals surface area contributed by atoms with Gasteiger partial charge in [0.1, 0.15) is 5.60 Å². The van der Waals surface area contributed by atoms with Gasteiger partial charge in [0, 0.05) is 30.0 Å². The van der Waals surface area contributed by atoms with Gasteiger partial charge in [-0.25, -0.2) is 9.78 Å². The molecule has 1 amide bonds. The molecule has 1 rings (SSSR count). The van der Waals surface area contributed by atoms with Crippen molar-refractivity contribution in [3.05, 3.63) is 16.6 Å². The quantitative estimate of drug-likeness (QED) is 0.870. The van der Waals surface area contributed by atoms with Crippen LogP contribution in [0.25, 0.3) is 0 Å². The van der Waals surface area contributed by atoms with Crippen LogP contribution in [0, 0.1) is 5.41 Å². The molecule has 0 saturated heterocycles. The number of hydrogen-bond donors (Lipinski definition) is 2. The van der Waals surface area contributed by atoms with E-state index in [2.05, 4.69) is 10.3 Å². The lowest BCUT2D eigenvalue weighted by Crippen LogP contribution is -2.41. The first kappa shape index (κ1) is 15.9. The number of aromatic nitrogens is 1. The van der Waals surface area contributed by atoms with Gasteiger partial charge in [-0.15, -0.1) is 11.3 Å². The van der Waals surface area contributed by atoms with Crippen molar-refractivity contribution < 1.29 is 14.6 Å². The first-order valence-electron chi connectivity index (χ1n) is 6.20. The number of carbonyl (C=O) groups is 1. The number of alkyl carbamates (subject to hydrolysis) is 1. The van der Waals surface area contributed by atoms with Crippen molar-refractivity contribution in [3.63, 3.8) is 0 Å². The lowest BCUT2D eigenvalue weighted by atomic mass is 9.88. The van der Waals surface area contributed by atoms with E-state index in [-0.39, 0.29) is 6.61 Å². The Labute approximate surface area is 118 Å². The predicted octanol–water partition coefficient (Wildman–Crippen LogP) is 2.21. The summed E-state index contributed by atoms with van der Waals surface area (Å²) in [5, 5.41) is 15.1. The first-order chi connectivity index (χ1) is 8.74. The van der Waals surface area contributed by atoms with Crippen LogP contribution in [0.5, 0.6) is 0 Å². The summed E-state index contributed by atoms with van der Waals surface area (Å²) in [7, 11) is 0. The second-order valence-electron chi connectivity index (χ2n) is 5.93. The molecule has 0 aromatic carbocycles. The van der Waals surface area contributed by atoms with E-state index in [1.807, 2.05) is 33.1 Å². The van der Waals surface area contributed by atoms with Crippen molar-refractivity contribution in [2.24, 2.45) is 5.41 Å². The molecule has 1 unspecified atom stereocenters. The van der Waals surface area contributed by atoms with Crippen LogP contribution in [0.15, 0.2) is 11.6 Å². The van der Waals surface area contributed by atoms with Crippen LogP contribution in [0.4, 0.5) is 4.79 Å². The molecule has 5 nitrogen and oxygen atoms in total. The molecule has 108 valence electrons. The van der Waals surface area contributed by atoms with Crippen molar-refractivity contribution in [1.82, 2.24) is 10.3 Å². The molecule has 0 saturated carbocycles. The molecule has 0 bridgehead atoms. The number of rotatable bonds is 5. The van der Waals surface area contributed by atoms with Crippen molar-refractivity contribution in [3.8, 4) is 0 Å². The van der Waals surface area contributed by atoms with Gasteiger partial charge in [-0.3, -0.25) is 0 Å². The molecule has 1 aromatic heterocycles. The van der Waals surface area contributed by atoms with Gasteiger partial charge in [0.15, 0.2) is 0 Å². The molecule has 1 atom stereocenters. The van der Waals surface area contributed by atoms with Crippen LogP contribution in [0.2, 0.25) is 0 Å². The molecule has 0 aliphatic heterocycles. The molecule has 1 heterocycles. The minimum absolute atomic E-state index is 0.0254. The number of aliphatic hydroxyl groups is 1. The first-order valence-corrected chi connectivity index (χ1v) is 7.08. The second-order valence-corrected chi connectivity index (χ2v) is 6.91. The number of nitrogens with one attached hydrogen (secondary N) is 1. The lowest BCUT2D eigenvalue weighted by molar-refractivity contribution is 0.0478. The van der Waals surface area contributed by atoms with Crippen LogP contribution in [0.3, 0.4) is 0 Å². The van der Waals surface area contributed by atoms with Crippen molar-refractivity contribution in [1.29, 1.82) is 0 Å². The minimum atomic E-state index is -0.519. The molecule has 0 spiro atoms. The third-order valence-corrected chi connectivity index (χ3v) is 3.28. The van der Waals surface area contributed by atoms with E-state index in [1.54, 1.807) is 17.5 Å². The van der Waals surface area contributed by atoms with Gasteiger partial charge in [-0.1, -0.05) is 6.92 Å². The molecule has 1 aromatic rings. The maximum Gasteiger partial charge on any atom is 0.407 e. The van der Waals surface area contributed by atoms with Gasteiger partial charge in [-0.05, 0) is 20.8 Å². The molecule has 0 fully saturated rings. The summed E-state index contributed by atoms with van der Waals surface area (Å²) in [6, 6.07) is 0. The predicted molar refractivity (Wildman–Crippen MR) is 75.2 cm³/mol. The zero-order valence-electron chi connectivity index (χ0n) is 11.9. The smallest absolute Gasteiger partial charge is 0.407 e. The molecule has 0 radical (unpaired) electrons. The Bertz CT molecular complexity index is 401. The summed E-state index contributed by atoms with van der Waals surface area (Å²) in [6.07, 6.45) is 1.89. The molecular weight excluding hydrogens is 264 g/mol. The summed E-state index contributed by atoms with van der Waals surface area (Å²) >= 11 is 1.54. The molecule has 2 N–H and O–H groups in total. The zero-order valence-corrected chi connectivity index (χ0v) is 12.7. The highest BCUT2D eigenvalue weighted by Gasteiger charge is 2.27. The summed E-state index contributed by atoms with van der Waals surface area (Å²) in [4.78, 5) is 15.8. The largest absolute Gasteiger partial charge is 0.444 e. The third kappa shape index (κ3) is 6.02. The summed E-state index contributed by atoms with van der Waals surface area (Å²) in [6.45, 7) is 7.67. The third-order valence-electron chi connectivity index (χ3n) is 2.50. The van der Waals surface area contributed by atoms with Crippen molar-refractivity contribution in [2.45, 2.75) is 39.7 Å². The average molecular weight is 286 g/mol. The van der Waals surface area contributed by atoms with Gasteiger partial charge < -0.3 is 15.2 Å². The maximum absolute atomic E-state index is 11.6. The van der Waals surface area contributed by atoms with Crippen LogP contribution in [-0.4, -0.2) is 34.9 Å². The van der Waals surface area contributed by atoms with Gasteiger partial charge >= 0.3 is 6.09 Å². The average Bonchev–Trinajstić information content (AvgIpc) is 2.77.